The van der Waals surface area contributed by atoms with Crippen LogP contribution in [0.2, 0.25) is 0 Å². The molecule has 0 bridgehead atoms. The van der Waals surface area contributed by atoms with Crippen molar-refractivity contribution in [3.8, 4) is 0 Å². The molecule has 1 amide bonds. The summed E-state index contributed by atoms with van der Waals surface area (Å²) in [6.45, 7) is 4.45. The topological polar surface area (TPSA) is 129 Å². The van der Waals surface area contributed by atoms with Crippen LogP contribution in [0.15, 0.2) is 60.9 Å². The number of anilines is 4. The van der Waals surface area contributed by atoms with Gasteiger partial charge in [0.15, 0.2) is 17.0 Å². The van der Waals surface area contributed by atoms with Crippen molar-refractivity contribution in [1.29, 1.82) is 0 Å². The molecule has 0 aliphatic carbocycles. The van der Waals surface area contributed by atoms with Crippen molar-refractivity contribution in [3.63, 3.8) is 0 Å². The van der Waals surface area contributed by atoms with Gasteiger partial charge in [0.25, 0.3) is 0 Å². The van der Waals surface area contributed by atoms with Crippen LogP contribution in [0.25, 0.3) is 11.2 Å². The Balaban J connectivity index is 1.39. The summed E-state index contributed by atoms with van der Waals surface area (Å²) in [5, 5.41) is 18.0. The summed E-state index contributed by atoms with van der Waals surface area (Å²) in [4.78, 5) is 27.0. The van der Waals surface area contributed by atoms with Crippen molar-refractivity contribution >= 4 is 40.4 Å². The quantitative estimate of drug-likeness (QED) is 0.280. The van der Waals surface area contributed by atoms with E-state index < -0.39 is 6.09 Å². The molecule has 1 aliphatic rings. The fourth-order valence-corrected chi connectivity index (χ4v) is 4.06. The molecule has 36 heavy (non-hydrogen) atoms. The maximum atomic E-state index is 10.9. The summed E-state index contributed by atoms with van der Waals surface area (Å²) in [5.41, 5.74) is 4.35. The second kappa shape index (κ2) is 10.9. The highest BCUT2D eigenvalue weighted by Gasteiger charge is 2.15. The van der Waals surface area contributed by atoms with Crippen LogP contribution in [0, 0.1) is 0 Å². The summed E-state index contributed by atoms with van der Waals surface area (Å²) < 4.78 is 7.25. The van der Waals surface area contributed by atoms with Gasteiger partial charge in [0.1, 0.15) is 0 Å². The largest absolute Gasteiger partial charge is 0.465 e. The highest BCUT2D eigenvalue weighted by molar-refractivity contribution is 5.84. The Morgan fingerprint density at radius 3 is 2.56 bits per heavy atom. The number of fused-ring (bicyclic) bond motifs is 1. The number of ether oxygens (including phenoxy) is 1. The van der Waals surface area contributed by atoms with E-state index in [0.29, 0.717) is 36.0 Å². The Morgan fingerprint density at radius 2 is 1.81 bits per heavy atom. The number of aromatic nitrogens is 4. The Morgan fingerprint density at radius 1 is 1.03 bits per heavy atom. The molecule has 11 heteroatoms. The van der Waals surface area contributed by atoms with Crippen molar-refractivity contribution in [3.05, 3.63) is 66.5 Å². The van der Waals surface area contributed by atoms with Crippen LogP contribution in [0.3, 0.4) is 0 Å². The van der Waals surface area contributed by atoms with Gasteiger partial charge in [-0.2, -0.15) is 9.97 Å². The van der Waals surface area contributed by atoms with Crippen LogP contribution in [0.1, 0.15) is 5.56 Å². The zero-order chi connectivity index (χ0) is 24.7. The summed E-state index contributed by atoms with van der Waals surface area (Å²) in [6.07, 6.45) is 0.583. The number of rotatable bonds is 9. The van der Waals surface area contributed by atoms with Crippen LogP contribution in [0.4, 0.5) is 27.9 Å². The molecule has 1 fully saturated rings. The van der Waals surface area contributed by atoms with Gasteiger partial charge in [-0.1, -0.05) is 30.3 Å². The molecule has 0 spiro atoms. The second-order valence-corrected chi connectivity index (χ2v) is 8.35. The lowest BCUT2D eigenvalue weighted by molar-refractivity contribution is 0.122. The predicted octanol–water partition coefficient (Wildman–Crippen LogP) is 3.29. The Kier molecular flexibility index (Phi) is 7.08. The van der Waals surface area contributed by atoms with Crippen LogP contribution < -0.4 is 20.9 Å². The number of carboxylic acid groups (broad SMARTS) is 1. The average Bonchev–Trinajstić information content (AvgIpc) is 3.31. The smallest absolute Gasteiger partial charge is 0.404 e. The van der Waals surface area contributed by atoms with Crippen molar-refractivity contribution in [1.82, 2.24) is 24.8 Å². The molecule has 186 valence electrons. The first-order valence-electron chi connectivity index (χ1n) is 11.8. The molecule has 0 saturated carbocycles. The Bertz CT molecular complexity index is 1300. The molecule has 1 saturated heterocycles. The van der Waals surface area contributed by atoms with E-state index in [0.717, 1.165) is 43.2 Å². The first kappa shape index (κ1) is 23.4. The van der Waals surface area contributed by atoms with Crippen LogP contribution in [-0.2, 0) is 17.8 Å². The summed E-state index contributed by atoms with van der Waals surface area (Å²) >= 11 is 0. The van der Waals surface area contributed by atoms with Gasteiger partial charge in [0, 0.05) is 44.1 Å². The molecule has 4 N–H and O–H groups in total. The van der Waals surface area contributed by atoms with Gasteiger partial charge >= 0.3 is 6.09 Å². The minimum absolute atomic E-state index is 0.239. The first-order chi connectivity index (χ1) is 17.7. The van der Waals surface area contributed by atoms with Gasteiger partial charge in [0.2, 0.25) is 5.95 Å². The van der Waals surface area contributed by atoms with Gasteiger partial charge in [-0.25, -0.2) is 9.78 Å². The fraction of sp³-hybridized carbons (Fsp3) is 0.280. The third kappa shape index (κ3) is 5.63. The highest BCUT2D eigenvalue weighted by atomic mass is 16.5. The number of hydrogen-bond acceptors (Lipinski definition) is 8. The van der Waals surface area contributed by atoms with Gasteiger partial charge in [-0.05, 0) is 29.8 Å². The van der Waals surface area contributed by atoms with E-state index in [4.69, 9.17) is 19.8 Å². The van der Waals surface area contributed by atoms with Crippen LogP contribution in [0.5, 0.6) is 0 Å². The molecule has 1 aliphatic heterocycles. The normalized spacial score (nSPS) is 13.5. The van der Waals surface area contributed by atoms with E-state index in [1.807, 2.05) is 47.0 Å². The van der Waals surface area contributed by atoms with E-state index in [1.165, 1.54) is 0 Å². The van der Waals surface area contributed by atoms with E-state index in [9.17, 15) is 4.79 Å². The molecule has 0 atom stereocenters. The molecule has 5 rings (SSSR count). The first-order valence-corrected chi connectivity index (χ1v) is 11.8. The van der Waals surface area contributed by atoms with E-state index in [2.05, 4.69) is 38.0 Å². The predicted molar refractivity (Wildman–Crippen MR) is 138 cm³/mol. The van der Waals surface area contributed by atoms with Gasteiger partial charge < -0.3 is 35.3 Å². The van der Waals surface area contributed by atoms with Crippen LogP contribution in [-0.4, -0.2) is 63.6 Å². The monoisotopic (exact) mass is 488 g/mol. The number of benzene rings is 2. The lowest BCUT2D eigenvalue weighted by Gasteiger charge is -2.28. The number of nitrogens with zero attached hydrogens (tertiary/aromatic N) is 5. The minimum Gasteiger partial charge on any atom is -0.465 e. The lowest BCUT2D eigenvalue weighted by Crippen LogP contribution is -2.36. The van der Waals surface area contributed by atoms with E-state index in [-0.39, 0.29) is 6.54 Å². The molecule has 3 heterocycles. The Hall–Kier alpha value is -4.38. The molecule has 11 nitrogen and oxygen atoms in total. The molecule has 4 aromatic rings. The summed E-state index contributed by atoms with van der Waals surface area (Å²) in [6, 6.07) is 18.2. The zero-order valence-corrected chi connectivity index (χ0v) is 19.7. The number of nitrogens with one attached hydrogen (secondary N) is 3. The molecular weight excluding hydrogens is 460 g/mol. The maximum Gasteiger partial charge on any atom is 0.404 e. The number of morpholine rings is 1. The SMILES string of the molecule is O=C(O)NCCn1cnc2c(NCc3ccccc3)nc(Nc3ccc(N4CCOCC4)cc3)nc21. The fourth-order valence-electron chi connectivity index (χ4n) is 4.06. The highest BCUT2D eigenvalue weighted by Crippen LogP contribution is 2.25. The third-order valence-corrected chi connectivity index (χ3v) is 5.90. The molecular formula is C25H28N8O3. The van der Waals surface area contributed by atoms with Crippen molar-refractivity contribution in [2.45, 2.75) is 13.1 Å². The van der Waals surface area contributed by atoms with Gasteiger partial charge in [0.05, 0.1) is 19.5 Å². The van der Waals surface area contributed by atoms with Crippen molar-refractivity contribution in [2.24, 2.45) is 0 Å². The van der Waals surface area contributed by atoms with Gasteiger partial charge in [-0.15, -0.1) is 0 Å². The third-order valence-electron chi connectivity index (χ3n) is 5.90. The molecule has 0 unspecified atom stereocenters. The van der Waals surface area contributed by atoms with Crippen molar-refractivity contribution in [2.75, 3.05) is 48.4 Å². The Labute approximate surface area is 208 Å². The van der Waals surface area contributed by atoms with E-state index >= 15 is 0 Å². The zero-order valence-electron chi connectivity index (χ0n) is 19.7. The van der Waals surface area contributed by atoms with Crippen molar-refractivity contribution < 1.29 is 14.6 Å². The van der Waals surface area contributed by atoms with E-state index in [1.54, 1.807) is 6.33 Å². The lowest BCUT2D eigenvalue weighted by atomic mass is 10.2. The molecule has 2 aromatic heterocycles. The number of amides is 1. The van der Waals surface area contributed by atoms with Crippen LogP contribution >= 0.6 is 0 Å². The molecule has 0 radical (unpaired) electrons. The maximum absolute atomic E-state index is 10.9. The average molecular weight is 489 g/mol. The number of carbonyl (C=O) groups is 1. The molecule has 2 aromatic carbocycles. The number of imidazole rings is 1. The second-order valence-electron chi connectivity index (χ2n) is 8.35. The summed E-state index contributed by atoms with van der Waals surface area (Å²) in [5.74, 6) is 1.02. The minimum atomic E-state index is -1.07. The number of hydrogen-bond donors (Lipinski definition) is 4. The summed E-state index contributed by atoms with van der Waals surface area (Å²) in [7, 11) is 0. The standard InChI is InChI=1S/C25H28N8O3/c34-25(35)26-10-11-33-17-28-21-22(27-16-18-4-2-1-3-5-18)30-24(31-23(21)33)29-19-6-8-20(9-7-19)32-12-14-36-15-13-32/h1-9,17,26H,10-16H2,(H,34,35)(H2,27,29,30,31). The van der Waals surface area contributed by atoms with Gasteiger partial charge in [-0.3, -0.25) is 0 Å².